The van der Waals surface area contributed by atoms with Crippen molar-refractivity contribution in [2.75, 3.05) is 5.32 Å². The molecule has 2 heterocycles. The number of fused-ring (bicyclic) bond motifs is 1. The van der Waals surface area contributed by atoms with Gasteiger partial charge in [0.05, 0.1) is 18.4 Å². The van der Waals surface area contributed by atoms with Crippen LogP contribution in [0.4, 0.5) is 5.69 Å². The largest absolute Gasteiger partial charge is 0.481 e. The predicted molar refractivity (Wildman–Crippen MR) is 122 cm³/mol. The van der Waals surface area contributed by atoms with E-state index in [-0.39, 0.29) is 47.6 Å². The highest BCUT2D eigenvalue weighted by atomic mass is 16.4. The highest BCUT2D eigenvalue weighted by Crippen LogP contribution is 2.13. The van der Waals surface area contributed by atoms with Gasteiger partial charge in [0, 0.05) is 23.6 Å². The number of hydrogen-bond acceptors (Lipinski definition) is 8. The van der Waals surface area contributed by atoms with Gasteiger partial charge in [0.1, 0.15) is 11.9 Å². The van der Waals surface area contributed by atoms with Gasteiger partial charge in [-0.2, -0.15) is 0 Å². The molecular formula is C22H24N6O6. The van der Waals surface area contributed by atoms with E-state index < -0.39 is 23.9 Å². The van der Waals surface area contributed by atoms with Gasteiger partial charge in [-0.3, -0.25) is 14.4 Å². The Kier molecular flexibility index (Phi) is 7.51. The highest BCUT2D eigenvalue weighted by molar-refractivity contribution is 5.96. The summed E-state index contributed by atoms with van der Waals surface area (Å²) in [4.78, 5) is 62.1. The molecule has 0 aliphatic heterocycles. The monoisotopic (exact) mass is 468 g/mol. The Morgan fingerprint density at radius 1 is 1.09 bits per heavy atom. The number of aromatic nitrogens is 4. The van der Waals surface area contributed by atoms with Gasteiger partial charge < -0.3 is 25.8 Å². The van der Waals surface area contributed by atoms with Crippen molar-refractivity contribution < 1.29 is 24.6 Å². The molecule has 0 bridgehead atoms. The molecule has 5 N–H and O–H groups in total. The van der Waals surface area contributed by atoms with Gasteiger partial charge in [0.15, 0.2) is 11.2 Å². The van der Waals surface area contributed by atoms with Crippen LogP contribution in [0.1, 0.15) is 54.5 Å². The van der Waals surface area contributed by atoms with Crippen LogP contribution in [0.5, 0.6) is 0 Å². The van der Waals surface area contributed by atoms with E-state index in [1.807, 2.05) is 13.8 Å². The number of carbonyl (C=O) groups is 3. The second-order valence-corrected chi connectivity index (χ2v) is 7.87. The first kappa shape index (κ1) is 24.3. The molecule has 0 spiro atoms. The molecule has 34 heavy (non-hydrogen) atoms. The minimum atomic E-state index is -1.31. The van der Waals surface area contributed by atoms with Crippen molar-refractivity contribution >= 4 is 34.7 Å². The van der Waals surface area contributed by atoms with Crippen molar-refractivity contribution in [3.8, 4) is 0 Å². The number of H-pyrrole nitrogens is 1. The van der Waals surface area contributed by atoms with Crippen LogP contribution in [0.25, 0.3) is 11.2 Å². The third-order valence-corrected chi connectivity index (χ3v) is 4.90. The summed E-state index contributed by atoms with van der Waals surface area (Å²) >= 11 is 0. The van der Waals surface area contributed by atoms with Crippen molar-refractivity contribution in [3.63, 3.8) is 0 Å². The molecule has 0 aliphatic rings. The fourth-order valence-electron chi connectivity index (χ4n) is 3.03. The lowest BCUT2D eigenvalue weighted by molar-refractivity contribution is -0.140. The maximum absolute atomic E-state index is 12.3. The van der Waals surface area contributed by atoms with Crippen molar-refractivity contribution in [1.82, 2.24) is 25.3 Å². The van der Waals surface area contributed by atoms with Crippen LogP contribution in [0, 0.1) is 0 Å². The van der Waals surface area contributed by atoms with Gasteiger partial charge >= 0.3 is 11.9 Å². The van der Waals surface area contributed by atoms with Gasteiger partial charge in [0.25, 0.3) is 11.5 Å². The first-order chi connectivity index (χ1) is 16.1. The van der Waals surface area contributed by atoms with Gasteiger partial charge in [-0.25, -0.2) is 19.7 Å². The number of carboxylic acid groups (broad SMARTS) is 2. The lowest BCUT2D eigenvalue weighted by Crippen LogP contribution is -2.41. The Bertz CT molecular complexity index is 1270. The van der Waals surface area contributed by atoms with Crippen LogP contribution in [0.15, 0.2) is 35.3 Å². The highest BCUT2D eigenvalue weighted by Gasteiger charge is 2.21. The predicted octanol–water partition coefficient (Wildman–Crippen LogP) is 1.50. The van der Waals surface area contributed by atoms with E-state index in [4.69, 9.17) is 5.11 Å². The summed E-state index contributed by atoms with van der Waals surface area (Å²) in [7, 11) is 0. The molecule has 0 saturated heterocycles. The number of aliphatic carboxylic acids is 2. The number of carboxylic acids is 2. The zero-order valence-electron chi connectivity index (χ0n) is 18.5. The average Bonchev–Trinajstić information content (AvgIpc) is 2.80. The molecule has 2 aromatic heterocycles. The number of anilines is 1. The molecule has 1 aromatic carbocycles. The SMILES string of the molecule is CC(C)c1nc2ncc(CNc3ccc(C(=O)N[C@@H](CCC(=O)O)C(=O)O)cc3)nc2c(=O)[nH]1. The van der Waals surface area contributed by atoms with Gasteiger partial charge in [-0.1, -0.05) is 13.8 Å². The Hall–Kier alpha value is -4.35. The van der Waals surface area contributed by atoms with E-state index in [0.29, 0.717) is 17.2 Å². The Morgan fingerprint density at radius 2 is 1.79 bits per heavy atom. The summed E-state index contributed by atoms with van der Waals surface area (Å²) in [5.41, 5.74) is 1.45. The average molecular weight is 468 g/mol. The van der Waals surface area contributed by atoms with Crippen LogP contribution >= 0.6 is 0 Å². The number of carbonyl (C=O) groups excluding carboxylic acids is 1. The molecule has 0 radical (unpaired) electrons. The summed E-state index contributed by atoms with van der Waals surface area (Å²) < 4.78 is 0. The number of nitrogens with zero attached hydrogens (tertiary/aromatic N) is 3. The van der Waals surface area contributed by atoms with E-state index in [1.165, 1.54) is 18.3 Å². The second kappa shape index (κ2) is 10.5. The van der Waals surface area contributed by atoms with Gasteiger partial charge in [-0.15, -0.1) is 0 Å². The molecule has 3 aromatic rings. The summed E-state index contributed by atoms with van der Waals surface area (Å²) in [6.45, 7) is 4.08. The molecule has 0 unspecified atom stereocenters. The lowest BCUT2D eigenvalue weighted by Gasteiger charge is -2.14. The molecule has 0 saturated carbocycles. The molecule has 1 atom stereocenters. The zero-order valence-corrected chi connectivity index (χ0v) is 18.5. The van der Waals surface area contributed by atoms with E-state index in [2.05, 4.69) is 30.6 Å². The topological polar surface area (TPSA) is 187 Å². The molecule has 178 valence electrons. The first-order valence-corrected chi connectivity index (χ1v) is 10.5. The van der Waals surface area contributed by atoms with Crippen molar-refractivity contribution in [1.29, 1.82) is 0 Å². The first-order valence-electron chi connectivity index (χ1n) is 10.5. The van der Waals surface area contributed by atoms with Crippen LogP contribution in [-0.2, 0) is 16.1 Å². The molecule has 0 aliphatic carbocycles. The van der Waals surface area contributed by atoms with Crippen molar-refractivity contribution in [2.24, 2.45) is 0 Å². The normalized spacial score (nSPS) is 11.9. The minimum absolute atomic E-state index is 0.0463. The maximum Gasteiger partial charge on any atom is 0.326 e. The molecule has 12 heteroatoms. The third-order valence-electron chi connectivity index (χ3n) is 4.90. The Labute approximate surface area is 193 Å². The summed E-state index contributed by atoms with van der Waals surface area (Å²) in [6, 6.07) is 4.95. The standard InChI is InChI=1S/C22H24N6O6/c1-11(2)18-27-19-17(21(32)28-18)25-14(10-24-19)9-23-13-5-3-12(4-6-13)20(31)26-15(22(33)34)7-8-16(29)30/h3-6,10-11,15,23H,7-9H2,1-2H3,(H,26,31)(H,29,30)(H,33,34)(H,24,27,28,32)/t15-/m0/s1. The van der Waals surface area contributed by atoms with Crippen molar-refractivity contribution in [3.05, 3.63) is 57.9 Å². The summed E-state index contributed by atoms with van der Waals surface area (Å²) in [6.07, 6.45) is 0.926. The van der Waals surface area contributed by atoms with Crippen LogP contribution in [0.3, 0.4) is 0 Å². The Balaban J connectivity index is 1.64. The van der Waals surface area contributed by atoms with E-state index in [9.17, 15) is 24.3 Å². The molecule has 12 nitrogen and oxygen atoms in total. The van der Waals surface area contributed by atoms with E-state index in [0.717, 1.165) is 0 Å². The zero-order chi connectivity index (χ0) is 24.8. The van der Waals surface area contributed by atoms with Gasteiger partial charge in [0.2, 0.25) is 0 Å². The second-order valence-electron chi connectivity index (χ2n) is 7.87. The number of hydrogen-bond donors (Lipinski definition) is 5. The number of aromatic amines is 1. The smallest absolute Gasteiger partial charge is 0.326 e. The number of benzene rings is 1. The van der Waals surface area contributed by atoms with Crippen LogP contribution in [-0.4, -0.2) is 54.0 Å². The number of rotatable bonds is 10. The quantitative estimate of drug-likeness (QED) is 0.292. The summed E-state index contributed by atoms with van der Waals surface area (Å²) in [5.74, 6) is -2.49. The molecule has 3 rings (SSSR count). The van der Waals surface area contributed by atoms with Gasteiger partial charge in [-0.05, 0) is 30.7 Å². The van der Waals surface area contributed by atoms with E-state index in [1.54, 1.807) is 12.1 Å². The molecule has 0 fully saturated rings. The third kappa shape index (κ3) is 6.12. The number of amides is 1. The van der Waals surface area contributed by atoms with Crippen LogP contribution in [0.2, 0.25) is 0 Å². The van der Waals surface area contributed by atoms with Crippen LogP contribution < -0.4 is 16.2 Å². The van der Waals surface area contributed by atoms with E-state index >= 15 is 0 Å². The summed E-state index contributed by atoms with van der Waals surface area (Å²) in [5, 5.41) is 23.3. The lowest BCUT2D eigenvalue weighted by atomic mass is 10.1. The molecular weight excluding hydrogens is 444 g/mol. The fourth-order valence-corrected chi connectivity index (χ4v) is 3.03. The van der Waals surface area contributed by atoms with Crippen molar-refractivity contribution in [2.45, 2.75) is 45.2 Å². The number of nitrogens with one attached hydrogen (secondary N) is 3. The fraction of sp³-hybridized carbons (Fsp3) is 0.318. The minimum Gasteiger partial charge on any atom is -0.481 e. The Morgan fingerprint density at radius 3 is 2.41 bits per heavy atom. The molecule has 1 amide bonds. The maximum atomic E-state index is 12.3.